The summed E-state index contributed by atoms with van der Waals surface area (Å²) in [6, 6.07) is 32.4. The van der Waals surface area contributed by atoms with Gasteiger partial charge in [-0.3, -0.25) is 0 Å². The highest BCUT2D eigenvalue weighted by molar-refractivity contribution is 5.98. The fraction of sp³-hybridized carbons (Fsp3) is 0.0714. The Morgan fingerprint density at radius 3 is 2.50 bits per heavy atom. The molecule has 0 bridgehead atoms. The molecule has 0 saturated heterocycles. The first-order valence-electron chi connectivity index (χ1n) is 10.5. The summed E-state index contributed by atoms with van der Waals surface area (Å²) < 4.78 is 2.43. The lowest BCUT2D eigenvalue weighted by Crippen LogP contribution is -2.02. The highest BCUT2D eigenvalue weighted by Crippen LogP contribution is 2.36. The van der Waals surface area contributed by atoms with E-state index in [-0.39, 0.29) is 0 Å². The molecule has 0 atom stereocenters. The zero-order valence-corrected chi connectivity index (χ0v) is 16.7. The fourth-order valence-electron chi connectivity index (χ4n) is 4.66. The van der Waals surface area contributed by atoms with Crippen molar-refractivity contribution >= 4 is 39.1 Å². The van der Waals surface area contributed by atoms with Gasteiger partial charge in [-0.25, -0.2) is 0 Å². The third-order valence-electron chi connectivity index (χ3n) is 6.02. The molecule has 5 aromatic rings. The molecular weight excluding hydrogens is 364 g/mol. The minimum atomic E-state index is 1.07. The Morgan fingerprint density at radius 2 is 1.57 bits per heavy atom. The van der Waals surface area contributed by atoms with Gasteiger partial charge in [-0.15, -0.1) is 0 Å². The Balaban J connectivity index is 1.51. The summed E-state index contributed by atoms with van der Waals surface area (Å²) in [4.78, 5) is 0. The number of fused-ring (bicyclic) bond motifs is 4. The molecule has 0 unspecified atom stereocenters. The first kappa shape index (κ1) is 17.1. The highest BCUT2D eigenvalue weighted by atomic mass is 15.0. The van der Waals surface area contributed by atoms with Crippen LogP contribution >= 0.6 is 0 Å². The van der Waals surface area contributed by atoms with Gasteiger partial charge in [0.25, 0.3) is 0 Å². The molecule has 0 saturated carbocycles. The maximum absolute atomic E-state index is 3.66. The van der Waals surface area contributed by atoms with Crippen molar-refractivity contribution in [1.29, 1.82) is 0 Å². The molecule has 0 fully saturated rings. The monoisotopic (exact) mass is 386 g/mol. The summed E-state index contributed by atoms with van der Waals surface area (Å²) in [6.07, 6.45) is 6.75. The van der Waals surface area contributed by atoms with Crippen molar-refractivity contribution in [3.63, 3.8) is 0 Å². The normalized spacial score (nSPS) is 12.9. The molecule has 2 heteroatoms. The molecule has 144 valence electrons. The van der Waals surface area contributed by atoms with Gasteiger partial charge >= 0.3 is 0 Å². The number of nitrogens with one attached hydrogen (secondary N) is 1. The first-order valence-corrected chi connectivity index (χ1v) is 10.5. The molecule has 0 aliphatic heterocycles. The Labute approximate surface area is 176 Å². The third kappa shape index (κ3) is 2.73. The lowest BCUT2D eigenvalue weighted by Gasteiger charge is -2.13. The van der Waals surface area contributed by atoms with Gasteiger partial charge < -0.3 is 9.88 Å². The zero-order chi connectivity index (χ0) is 19.9. The fourth-order valence-corrected chi connectivity index (χ4v) is 4.66. The molecule has 1 N–H and O–H groups in total. The van der Waals surface area contributed by atoms with E-state index in [1.54, 1.807) is 0 Å². The molecular formula is C28H22N2. The number of hydrogen-bond acceptors (Lipinski definition) is 1. The number of rotatable bonds is 3. The maximum Gasteiger partial charge on any atom is 0.0539 e. The minimum absolute atomic E-state index is 1.07. The van der Waals surface area contributed by atoms with E-state index in [1.807, 2.05) is 0 Å². The van der Waals surface area contributed by atoms with Gasteiger partial charge in [-0.1, -0.05) is 66.7 Å². The van der Waals surface area contributed by atoms with E-state index in [2.05, 4.69) is 113 Å². The second kappa shape index (κ2) is 6.93. The molecule has 4 aromatic carbocycles. The third-order valence-corrected chi connectivity index (χ3v) is 6.02. The van der Waals surface area contributed by atoms with E-state index < -0.39 is 0 Å². The van der Waals surface area contributed by atoms with Gasteiger partial charge in [0, 0.05) is 39.1 Å². The Kier molecular flexibility index (Phi) is 3.95. The predicted molar refractivity (Wildman–Crippen MR) is 128 cm³/mol. The standard InChI is InChI=1S/C28H22N2/c1-2-11-22(12-3-1)30-27-16-7-6-14-24(27)25-19-21(17-18-28(25)30)29-26-15-8-10-20-9-4-5-13-23(20)26/h1-6,8-15,17-19,29H,7,16H2. The van der Waals surface area contributed by atoms with Crippen molar-refractivity contribution < 1.29 is 0 Å². The lowest BCUT2D eigenvalue weighted by molar-refractivity contribution is 0.888. The number of allylic oxidation sites excluding steroid dienone is 1. The smallest absolute Gasteiger partial charge is 0.0539 e. The Bertz CT molecular complexity index is 1400. The molecule has 1 aromatic heterocycles. The number of hydrogen-bond donors (Lipinski definition) is 1. The number of anilines is 2. The second-order valence-electron chi connectivity index (χ2n) is 7.86. The summed E-state index contributed by atoms with van der Waals surface area (Å²) in [7, 11) is 0. The molecule has 1 aliphatic rings. The average Bonchev–Trinajstić information content (AvgIpc) is 3.14. The molecule has 2 nitrogen and oxygen atoms in total. The molecule has 30 heavy (non-hydrogen) atoms. The van der Waals surface area contributed by atoms with Crippen molar-refractivity contribution in [1.82, 2.24) is 4.57 Å². The molecule has 0 amide bonds. The van der Waals surface area contributed by atoms with Gasteiger partial charge in [-0.2, -0.15) is 0 Å². The number of aromatic nitrogens is 1. The lowest BCUT2D eigenvalue weighted by atomic mass is 10.0. The summed E-state index contributed by atoms with van der Waals surface area (Å²) in [5, 5.41) is 7.45. The van der Waals surface area contributed by atoms with Crippen molar-refractivity contribution in [2.75, 3.05) is 5.32 Å². The van der Waals surface area contributed by atoms with Gasteiger partial charge in [0.05, 0.1) is 5.52 Å². The number of benzene rings is 4. The van der Waals surface area contributed by atoms with E-state index in [0.29, 0.717) is 0 Å². The van der Waals surface area contributed by atoms with Crippen LogP contribution in [0, 0.1) is 0 Å². The first-order chi connectivity index (χ1) is 14.9. The van der Waals surface area contributed by atoms with Gasteiger partial charge in [-0.05, 0) is 54.6 Å². The Morgan fingerprint density at radius 1 is 0.733 bits per heavy atom. The second-order valence-corrected chi connectivity index (χ2v) is 7.86. The maximum atomic E-state index is 3.66. The Hall–Kier alpha value is -3.78. The summed E-state index contributed by atoms with van der Waals surface area (Å²) in [5.41, 5.74) is 7.50. The van der Waals surface area contributed by atoms with E-state index in [1.165, 1.54) is 38.6 Å². The van der Waals surface area contributed by atoms with E-state index >= 15 is 0 Å². The van der Waals surface area contributed by atoms with Crippen LogP contribution in [0.15, 0.2) is 97.1 Å². The van der Waals surface area contributed by atoms with Crippen LogP contribution in [0.25, 0.3) is 33.4 Å². The van der Waals surface area contributed by atoms with Crippen molar-refractivity contribution in [3.8, 4) is 5.69 Å². The van der Waals surface area contributed by atoms with Crippen LogP contribution in [-0.4, -0.2) is 4.57 Å². The quantitative estimate of drug-likeness (QED) is 0.340. The predicted octanol–water partition coefficient (Wildman–Crippen LogP) is 7.49. The molecule has 1 aliphatic carbocycles. The van der Waals surface area contributed by atoms with E-state index in [4.69, 9.17) is 0 Å². The molecule has 6 rings (SSSR count). The summed E-state index contributed by atoms with van der Waals surface area (Å²) >= 11 is 0. The molecule has 0 radical (unpaired) electrons. The van der Waals surface area contributed by atoms with E-state index in [0.717, 1.165) is 24.2 Å². The van der Waals surface area contributed by atoms with E-state index in [9.17, 15) is 0 Å². The van der Waals surface area contributed by atoms with Crippen molar-refractivity contribution in [2.24, 2.45) is 0 Å². The van der Waals surface area contributed by atoms with Crippen LogP contribution in [0.2, 0.25) is 0 Å². The van der Waals surface area contributed by atoms with Crippen LogP contribution in [-0.2, 0) is 6.42 Å². The minimum Gasteiger partial charge on any atom is -0.355 e. The van der Waals surface area contributed by atoms with Crippen LogP contribution in [0.3, 0.4) is 0 Å². The van der Waals surface area contributed by atoms with Crippen LogP contribution in [0.5, 0.6) is 0 Å². The zero-order valence-electron chi connectivity index (χ0n) is 16.7. The van der Waals surface area contributed by atoms with Crippen molar-refractivity contribution in [2.45, 2.75) is 12.8 Å². The largest absolute Gasteiger partial charge is 0.355 e. The number of para-hydroxylation sites is 1. The van der Waals surface area contributed by atoms with Gasteiger partial charge in [0.1, 0.15) is 0 Å². The van der Waals surface area contributed by atoms with Gasteiger partial charge in [0.2, 0.25) is 0 Å². The topological polar surface area (TPSA) is 17.0 Å². The highest BCUT2D eigenvalue weighted by Gasteiger charge is 2.18. The number of nitrogens with zero attached hydrogens (tertiary/aromatic N) is 1. The SMILES string of the molecule is C1=Cc2c(n(-c3ccccc3)c3ccc(Nc4cccc5ccccc45)cc23)CC1. The molecule has 1 heterocycles. The van der Waals surface area contributed by atoms with Crippen LogP contribution in [0.4, 0.5) is 11.4 Å². The van der Waals surface area contributed by atoms with Crippen LogP contribution in [0.1, 0.15) is 17.7 Å². The van der Waals surface area contributed by atoms with Gasteiger partial charge in [0.15, 0.2) is 0 Å². The van der Waals surface area contributed by atoms with Crippen LogP contribution < -0.4 is 5.32 Å². The summed E-state index contributed by atoms with van der Waals surface area (Å²) in [6.45, 7) is 0. The molecule has 0 spiro atoms. The summed E-state index contributed by atoms with van der Waals surface area (Å²) in [5.74, 6) is 0. The average molecular weight is 386 g/mol. The van der Waals surface area contributed by atoms with Crippen molar-refractivity contribution in [3.05, 3.63) is 108 Å².